The van der Waals surface area contributed by atoms with Gasteiger partial charge in [0.1, 0.15) is 23.0 Å². The number of ether oxygens (including phenoxy) is 2. The zero-order valence-corrected chi connectivity index (χ0v) is 17.0. The van der Waals surface area contributed by atoms with Gasteiger partial charge in [0.25, 0.3) is 5.91 Å². The minimum atomic E-state index is -0.519. The second-order valence-corrected chi connectivity index (χ2v) is 6.67. The number of hydrogen-bond donors (Lipinski definition) is 1. The summed E-state index contributed by atoms with van der Waals surface area (Å²) in [7, 11) is 3.09. The first-order chi connectivity index (χ1) is 15.1. The van der Waals surface area contributed by atoms with Gasteiger partial charge in [-0.3, -0.25) is 4.79 Å². The standard InChI is InChI=1S/C24H20FN3O3/c1-30-17-12-13-18(22(14-17)31-2)23-19(15-28(27-23)16-8-4-3-5-9-16)24(29)26-21-11-7-6-10-20(21)25/h3-15H,1-2H3,(H,26,29). The van der Waals surface area contributed by atoms with Gasteiger partial charge in [-0.05, 0) is 36.4 Å². The molecular weight excluding hydrogens is 397 g/mol. The van der Waals surface area contributed by atoms with Crippen molar-refractivity contribution in [2.75, 3.05) is 19.5 Å². The van der Waals surface area contributed by atoms with Gasteiger partial charge in [0.15, 0.2) is 0 Å². The molecule has 0 aliphatic rings. The predicted octanol–water partition coefficient (Wildman–Crippen LogP) is 4.95. The predicted molar refractivity (Wildman–Crippen MR) is 116 cm³/mol. The van der Waals surface area contributed by atoms with E-state index in [4.69, 9.17) is 9.47 Å². The average Bonchev–Trinajstić information content (AvgIpc) is 3.26. The zero-order chi connectivity index (χ0) is 21.8. The Kier molecular flexibility index (Phi) is 5.66. The Morgan fingerprint density at radius 3 is 2.42 bits per heavy atom. The SMILES string of the molecule is COc1ccc(-c2nn(-c3ccccc3)cc2C(=O)Nc2ccccc2F)c(OC)c1. The number of carbonyl (C=O) groups is 1. The van der Waals surface area contributed by atoms with Gasteiger partial charge in [-0.1, -0.05) is 30.3 Å². The molecule has 0 fully saturated rings. The van der Waals surface area contributed by atoms with Crippen molar-refractivity contribution in [3.05, 3.63) is 90.4 Å². The molecule has 0 spiro atoms. The highest BCUT2D eigenvalue weighted by atomic mass is 19.1. The highest BCUT2D eigenvalue weighted by Crippen LogP contribution is 2.35. The summed E-state index contributed by atoms with van der Waals surface area (Å²) in [5.74, 6) is 0.105. The molecule has 0 radical (unpaired) electrons. The number of halogens is 1. The number of aromatic nitrogens is 2. The molecule has 0 aliphatic carbocycles. The van der Waals surface area contributed by atoms with Gasteiger partial charge in [-0.2, -0.15) is 5.10 Å². The Balaban J connectivity index is 1.83. The number of nitrogens with zero attached hydrogens (tertiary/aromatic N) is 2. The molecule has 31 heavy (non-hydrogen) atoms. The lowest BCUT2D eigenvalue weighted by atomic mass is 10.1. The number of hydrogen-bond acceptors (Lipinski definition) is 4. The summed E-state index contributed by atoms with van der Waals surface area (Å²) in [6, 6.07) is 20.7. The van der Waals surface area contributed by atoms with Crippen LogP contribution in [0.1, 0.15) is 10.4 Å². The minimum Gasteiger partial charge on any atom is -0.497 e. The molecule has 7 heteroatoms. The number of anilines is 1. The first-order valence-electron chi connectivity index (χ1n) is 9.54. The molecular formula is C24H20FN3O3. The third kappa shape index (κ3) is 4.11. The number of methoxy groups -OCH3 is 2. The van der Waals surface area contributed by atoms with Crippen LogP contribution in [-0.4, -0.2) is 29.9 Å². The van der Waals surface area contributed by atoms with Gasteiger partial charge >= 0.3 is 0 Å². The van der Waals surface area contributed by atoms with Gasteiger partial charge in [0, 0.05) is 17.8 Å². The summed E-state index contributed by atoms with van der Waals surface area (Å²) < 4.78 is 26.5. The third-order valence-corrected chi connectivity index (χ3v) is 4.77. The Morgan fingerprint density at radius 1 is 0.968 bits per heavy atom. The van der Waals surface area contributed by atoms with Crippen LogP contribution in [0.15, 0.2) is 79.0 Å². The van der Waals surface area contributed by atoms with Crippen LogP contribution in [0.5, 0.6) is 11.5 Å². The Morgan fingerprint density at radius 2 is 1.71 bits per heavy atom. The molecule has 3 aromatic carbocycles. The van der Waals surface area contributed by atoms with E-state index in [2.05, 4.69) is 10.4 Å². The smallest absolute Gasteiger partial charge is 0.259 e. The largest absolute Gasteiger partial charge is 0.497 e. The molecule has 0 atom stereocenters. The summed E-state index contributed by atoms with van der Waals surface area (Å²) in [5.41, 5.74) is 2.15. The van der Waals surface area contributed by atoms with Crippen molar-refractivity contribution in [3.8, 4) is 28.4 Å². The maximum Gasteiger partial charge on any atom is 0.259 e. The molecule has 6 nitrogen and oxygen atoms in total. The molecule has 0 unspecified atom stereocenters. The molecule has 1 heterocycles. The van der Waals surface area contributed by atoms with Crippen molar-refractivity contribution >= 4 is 11.6 Å². The normalized spacial score (nSPS) is 10.5. The summed E-state index contributed by atoms with van der Waals surface area (Å²) in [6.07, 6.45) is 1.62. The Hall–Kier alpha value is -4.13. The van der Waals surface area contributed by atoms with E-state index in [-0.39, 0.29) is 11.3 Å². The van der Waals surface area contributed by atoms with Crippen LogP contribution >= 0.6 is 0 Å². The quantitative estimate of drug-likeness (QED) is 0.482. The van der Waals surface area contributed by atoms with Crippen molar-refractivity contribution in [3.63, 3.8) is 0 Å². The fourth-order valence-corrected chi connectivity index (χ4v) is 3.20. The second kappa shape index (κ2) is 8.71. The van der Waals surface area contributed by atoms with Gasteiger partial charge in [0.05, 0.1) is 31.2 Å². The topological polar surface area (TPSA) is 65.4 Å². The monoisotopic (exact) mass is 417 g/mol. The van der Waals surface area contributed by atoms with Crippen molar-refractivity contribution in [1.29, 1.82) is 0 Å². The summed E-state index contributed by atoms with van der Waals surface area (Å²) in [5, 5.41) is 7.27. The molecule has 0 saturated carbocycles. The molecule has 0 bridgehead atoms. The van der Waals surface area contributed by atoms with Crippen molar-refractivity contribution < 1.29 is 18.7 Å². The third-order valence-electron chi connectivity index (χ3n) is 4.77. The van der Waals surface area contributed by atoms with Crippen LogP contribution in [0.2, 0.25) is 0 Å². The van der Waals surface area contributed by atoms with Crippen molar-refractivity contribution in [1.82, 2.24) is 9.78 Å². The lowest BCUT2D eigenvalue weighted by Crippen LogP contribution is -2.13. The summed E-state index contributed by atoms with van der Waals surface area (Å²) >= 11 is 0. The van der Waals surface area contributed by atoms with E-state index in [0.717, 1.165) is 5.69 Å². The maximum atomic E-state index is 14.1. The number of rotatable bonds is 6. The van der Waals surface area contributed by atoms with E-state index in [0.29, 0.717) is 22.8 Å². The number of benzene rings is 3. The average molecular weight is 417 g/mol. The highest BCUT2D eigenvalue weighted by molar-refractivity contribution is 6.08. The molecule has 1 N–H and O–H groups in total. The van der Waals surface area contributed by atoms with Crippen LogP contribution in [0, 0.1) is 5.82 Å². The van der Waals surface area contributed by atoms with Crippen LogP contribution in [0.25, 0.3) is 16.9 Å². The Bertz CT molecular complexity index is 1220. The zero-order valence-electron chi connectivity index (χ0n) is 17.0. The first-order valence-corrected chi connectivity index (χ1v) is 9.54. The molecule has 1 amide bonds. The van der Waals surface area contributed by atoms with Gasteiger partial charge < -0.3 is 14.8 Å². The summed E-state index contributed by atoms with van der Waals surface area (Å²) in [6.45, 7) is 0. The number of amides is 1. The van der Waals surface area contributed by atoms with Gasteiger partial charge in [0.2, 0.25) is 0 Å². The lowest BCUT2D eigenvalue weighted by molar-refractivity contribution is 0.102. The summed E-state index contributed by atoms with van der Waals surface area (Å²) in [4.78, 5) is 13.1. The Labute approximate surface area is 178 Å². The van der Waals surface area contributed by atoms with E-state index in [1.54, 1.807) is 48.3 Å². The van der Waals surface area contributed by atoms with Crippen molar-refractivity contribution in [2.24, 2.45) is 0 Å². The van der Waals surface area contributed by atoms with Crippen LogP contribution in [-0.2, 0) is 0 Å². The van der Waals surface area contributed by atoms with E-state index < -0.39 is 11.7 Å². The van der Waals surface area contributed by atoms with Crippen LogP contribution in [0.3, 0.4) is 0 Å². The fraction of sp³-hybridized carbons (Fsp3) is 0.0833. The van der Waals surface area contributed by atoms with Gasteiger partial charge in [-0.25, -0.2) is 9.07 Å². The molecule has 4 rings (SSSR count). The van der Waals surface area contributed by atoms with E-state index >= 15 is 0 Å². The number of nitrogens with one attached hydrogen (secondary N) is 1. The second-order valence-electron chi connectivity index (χ2n) is 6.67. The number of carbonyl (C=O) groups excluding carboxylic acids is 1. The van der Waals surface area contributed by atoms with Crippen molar-refractivity contribution in [2.45, 2.75) is 0 Å². The van der Waals surface area contributed by atoms with E-state index in [1.165, 1.54) is 19.2 Å². The van der Waals surface area contributed by atoms with Gasteiger partial charge in [-0.15, -0.1) is 0 Å². The molecule has 0 aliphatic heterocycles. The molecule has 4 aromatic rings. The molecule has 0 saturated heterocycles. The van der Waals surface area contributed by atoms with Crippen LogP contribution < -0.4 is 14.8 Å². The van der Waals surface area contributed by atoms with Crippen LogP contribution in [0.4, 0.5) is 10.1 Å². The minimum absolute atomic E-state index is 0.0904. The van der Waals surface area contributed by atoms with E-state index in [9.17, 15) is 9.18 Å². The first kappa shape index (κ1) is 20.2. The molecule has 156 valence electrons. The highest BCUT2D eigenvalue weighted by Gasteiger charge is 2.22. The molecule has 1 aromatic heterocycles. The lowest BCUT2D eigenvalue weighted by Gasteiger charge is -2.10. The fourth-order valence-electron chi connectivity index (χ4n) is 3.20. The maximum absolute atomic E-state index is 14.1. The number of para-hydroxylation sites is 2. The van der Waals surface area contributed by atoms with E-state index in [1.807, 2.05) is 30.3 Å².